The van der Waals surface area contributed by atoms with Crippen LogP contribution in [0.25, 0.3) is 0 Å². The van der Waals surface area contributed by atoms with Gasteiger partial charge < -0.3 is 21.2 Å². The van der Waals surface area contributed by atoms with Gasteiger partial charge >= 0.3 is 0 Å². The van der Waals surface area contributed by atoms with E-state index in [4.69, 9.17) is 32.8 Å². The molecule has 1 unspecified atom stereocenters. The lowest BCUT2D eigenvalue weighted by Crippen LogP contribution is -2.15. The van der Waals surface area contributed by atoms with Crippen molar-refractivity contribution in [2.24, 2.45) is 21.5 Å². The van der Waals surface area contributed by atoms with Gasteiger partial charge in [0, 0.05) is 23.5 Å². The second-order valence-electron chi connectivity index (χ2n) is 2.97. The standard InChI is InChI=1S/C7H14N6O4S2/c1-3(13-7(17-15)19-5(10)11)2-12-6(16-14)18-4(8)9/h3,14-15H,2H2,1H3,(H3,8,9)(H3,10,11). The molecule has 0 aromatic rings. The van der Waals surface area contributed by atoms with Crippen LogP contribution in [0.4, 0.5) is 0 Å². The van der Waals surface area contributed by atoms with E-state index >= 15 is 0 Å². The molecule has 0 saturated heterocycles. The Balaban J connectivity index is 4.53. The zero-order valence-electron chi connectivity index (χ0n) is 9.86. The number of hydrogen-bond donors (Lipinski definition) is 6. The van der Waals surface area contributed by atoms with E-state index < -0.39 is 6.04 Å². The molecule has 0 spiro atoms. The van der Waals surface area contributed by atoms with E-state index in [2.05, 4.69) is 19.8 Å². The summed E-state index contributed by atoms with van der Waals surface area (Å²) in [4.78, 5) is 15.5. The summed E-state index contributed by atoms with van der Waals surface area (Å²) < 4.78 is 0. The fourth-order valence-electron chi connectivity index (χ4n) is 0.764. The molecular formula is C7H14N6O4S2. The summed E-state index contributed by atoms with van der Waals surface area (Å²) in [6.07, 6.45) is 0. The number of rotatable bonds is 3. The molecule has 8 N–H and O–H groups in total. The summed E-state index contributed by atoms with van der Waals surface area (Å²) in [6, 6.07) is -0.452. The summed E-state index contributed by atoms with van der Waals surface area (Å²) in [7, 11) is 0. The number of thioether (sulfide) groups is 2. The van der Waals surface area contributed by atoms with Crippen molar-refractivity contribution in [3.05, 3.63) is 0 Å². The van der Waals surface area contributed by atoms with Crippen LogP contribution in [0, 0.1) is 10.8 Å². The molecule has 0 aliphatic carbocycles. The van der Waals surface area contributed by atoms with Crippen LogP contribution in [0.5, 0.6) is 0 Å². The summed E-state index contributed by atoms with van der Waals surface area (Å²) in [5, 5.41) is 30.0. The number of nitrogens with two attached hydrogens (primary N) is 2. The molecule has 0 fully saturated rings. The first-order valence-corrected chi connectivity index (χ1v) is 6.31. The van der Waals surface area contributed by atoms with Gasteiger partial charge in [-0.05, 0) is 6.92 Å². The van der Waals surface area contributed by atoms with E-state index in [-0.39, 0.29) is 27.3 Å². The fraction of sp³-hybridized carbons (Fsp3) is 0.429. The van der Waals surface area contributed by atoms with Gasteiger partial charge in [0.05, 0.1) is 12.6 Å². The molecule has 0 aromatic heterocycles. The van der Waals surface area contributed by atoms with Gasteiger partial charge in [-0.1, -0.05) is 0 Å². The zero-order chi connectivity index (χ0) is 14.8. The fourth-order valence-corrected chi connectivity index (χ4v) is 1.59. The molecule has 12 heteroatoms. The van der Waals surface area contributed by atoms with Crippen molar-refractivity contribution in [2.75, 3.05) is 6.54 Å². The lowest BCUT2D eigenvalue weighted by atomic mass is 10.4. The quantitative estimate of drug-likeness (QED) is 0.186. The first-order chi connectivity index (χ1) is 8.88. The van der Waals surface area contributed by atoms with Gasteiger partial charge in [-0.15, -0.1) is 0 Å². The minimum atomic E-state index is -0.452. The Morgan fingerprint density at radius 2 is 1.63 bits per heavy atom. The molecule has 0 saturated carbocycles. The van der Waals surface area contributed by atoms with Gasteiger partial charge in [0.15, 0.2) is 10.3 Å². The topological polar surface area (TPSA) is 183 Å². The molecule has 0 aliphatic rings. The van der Waals surface area contributed by atoms with Gasteiger partial charge in [-0.25, -0.2) is 20.5 Å². The van der Waals surface area contributed by atoms with E-state index in [0.717, 1.165) is 0 Å². The van der Waals surface area contributed by atoms with Crippen molar-refractivity contribution < 1.29 is 20.3 Å². The molecule has 108 valence electrons. The predicted octanol–water partition coefficient (Wildman–Crippen LogP) is 0.319. The third-order valence-electron chi connectivity index (χ3n) is 1.36. The van der Waals surface area contributed by atoms with E-state index in [0.29, 0.717) is 23.5 Å². The highest BCUT2D eigenvalue weighted by molar-refractivity contribution is 8.26. The monoisotopic (exact) mass is 310 g/mol. The van der Waals surface area contributed by atoms with Crippen molar-refractivity contribution in [3.8, 4) is 0 Å². The van der Waals surface area contributed by atoms with Crippen molar-refractivity contribution in [3.63, 3.8) is 0 Å². The highest BCUT2D eigenvalue weighted by atomic mass is 32.2. The second kappa shape index (κ2) is 9.43. The van der Waals surface area contributed by atoms with E-state index in [1.807, 2.05) is 0 Å². The van der Waals surface area contributed by atoms with Crippen molar-refractivity contribution in [1.82, 2.24) is 0 Å². The predicted molar refractivity (Wildman–Crippen MR) is 75.6 cm³/mol. The van der Waals surface area contributed by atoms with Crippen LogP contribution in [-0.4, -0.2) is 43.9 Å². The molecule has 0 radical (unpaired) electrons. The molecule has 1 atom stereocenters. The van der Waals surface area contributed by atoms with Gasteiger partial charge in [0.1, 0.15) is 0 Å². The number of nitrogens with one attached hydrogen (secondary N) is 2. The van der Waals surface area contributed by atoms with Gasteiger partial charge in [0.2, 0.25) is 0 Å². The second-order valence-corrected chi connectivity index (χ2v) is 4.95. The maximum atomic E-state index is 8.51. The van der Waals surface area contributed by atoms with Crippen molar-refractivity contribution >= 4 is 44.3 Å². The average molecular weight is 310 g/mol. The Labute approximate surface area is 117 Å². The highest BCUT2D eigenvalue weighted by Crippen LogP contribution is 2.08. The van der Waals surface area contributed by atoms with E-state index in [9.17, 15) is 0 Å². The highest BCUT2D eigenvalue weighted by Gasteiger charge is 2.09. The number of hydrogen-bond acceptors (Lipinski definition) is 10. The molecule has 19 heavy (non-hydrogen) atoms. The first-order valence-electron chi connectivity index (χ1n) is 4.67. The van der Waals surface area contributed by atoms with Gasteiger partial charge in [0.25, 0.3) is 10.5 Å². The minimum Gasteiger partial charge on any atom is -0.378 e. The van der Waals surface area contributed by atoms with Crippen LogP contribution in [0.3, 0.4) is 0 Å². The molecule has 0 heterocycles. The lowest BCUT2D eigenvalue weighted by molar-refractivity contribution is -0.150. The summed E-state index contributed by atoms with van der Waals surface area (Å²) in [5.41, 5.74) is 10.2. The molecule has 10 nitrogen and oxygen atoms in total. The number of amidine groups is 2. The smallest absolute Gasteiger partial charge is 0.294 e. The maximum Gasteiger partial charge on any atom is 0.294 e. The van der Waals surface area contributed by atoms with E-state index in [1.54, 1.807) is 6.92 Å². The first kappa shape index (κ1) is 17.5. The lowest BCUT2D eigenvalue weighted by Gasteiger charge is -2.06. The molecular weight excluding hydrogens is 296 g/mol. The minimum absolute atomic E-state index is 0.0709. The van der Waals surface area contributed by atoms with E-state index in [1.165, 1.54) is 0 Å². The molecule has 0 amide bonds. The van der Waals surface area contributed by atoms with Crippen LogP contribution in [0.15, 0.2) is 9.98 Å². The van der Waals surface area contributed by atoms with Crippen molar-refractivity contribution in [2.45, 2.75) is 13.0 Å². The Morgan fingerprint density at radius 1 is 1.16 bits per heavy atom. The molecule has 0 aliphatic heterocycles. The maximum absolute atomic E-state index is 8.51. The Bertz CT molecular complexity index is 388. The number of aliphatic imine (C=N–C) groups is 2. The number of nitrogens with zero attached hydrogens (tertiary/aromatic N) is 2. The SMILES string of the molecule is CC(CN=C(OO)SC(=N)N)N=C(OO)SC(=N)N. The summed E-state index contributed by atoms with van der Waals surface area (Å²) >= 11 is 1.26. The average Bonchev–Trinajstić information content (AvgIpc) is 2.32. The Kier molecular flexibility index (Phi) is 8.69. The molecule has 0 aromatic carbocycles. The Morgan fingerprint density at radius 3 is 2.05 bits per heavy atom. The summed E-state index contributed by atoms with van der Waals surface area (Å²) in [5.74, 6) is 0. The van der Waals surface area contributed by atoms with Crippen LogP contribution in [0.2, 0.25) is 0 Å². The van der Waals surface area contributed by atoms with Crippen molar-refractivity contribution in [1.29, 1.82) is 10.8 Å². The molecule has 0 rings (SSSR count). The largest absolute Gasteiger partial charge is 0.378 e. The molecule has 0 bridgehead atoms. The Hall–Kier alpha value is -1.50. The third-order valence-corrected chi connectivity index (χ3v) is 2.53. The van der Waals surface area contributed by atoms with Gasteiger partial charge in [-0.3, -0.25) is 10.8 Å². The van der Waals surface area contributed by atoms with Crippen LogP contribution in [0.1, 0.15) is 6.92 Å². The van der Waals surface area contributed by atoms with Crippen LogP contribution < -0.4 is 11.5 Å². The normalized spacial score (nSPS) is 13.8. The van der Waals surface area contributed by atoms with Crippen LogP contribution >= 0.6 is 23.5 Å². The third kappa shape index (κ3) is 9.12. The van der Waals surface area contributed by atoms with Gasteiger partial charge in [-0.2, -0.15) is 0 Å². The summed E-state index contributed by atoms with van der Waals surface area (Å²) in [6.45, 7) is 1.71. The zero-order valence-corrected chi connectivity index (χ0v) is 11.5. The van der Waals surface area contributed by atoms with Crippen LogP contribution in [-0.2, 0) is 9.78 Å².